The van der Waals surface area contributed by atoms with Crippen molar-refractivity contribution in [2.24, 2.45) is 5.10 Å². The minimum absolute atomic E-state index is 0.0424. The van der Waals surface area contributed by atoms with Gasteiger partial charge in [0.15, 0.2) is 5.75 Å². The summed E-state index contributed by atoms with van der Waals surface area (Å²) in [5.74, 6) is -0.720. The second kappa shape index (κ2) is 8.47. The summed E-state index contributed by atoms with van der Waals surface area (Å²) < 4.78 is 10.3. The van der Waals surface area contributed by atoms with Crippen molar-refractivity contribution >= 4 is 17.8 Å². The predicted molar refractivity (Wildman–Crippen MR) is 94.0 cm³/mol. The minimum Gasteiger partial charge on any atom is -0.500 e. The molecule has 0 fully saturated rings. The van der Waals surface area contributed by atoms with E-state index < -0.39 is 22.3 Å². The quantitative estimate of drug-likeness (QED) is 0.445. The third-order valence-corrected chi connectivity index (χ3v) is 3.31. The highest BCUT2D eigenvalue weighted by molar-refractivity contribution is 5.97. The van der Waals surface area contributed by atoms with E-state index in [-0.39, 0.29) is 17.9 Å². The van der Waals surface area contributed by atoms with Gasteiger partial charge in [-0.25, -0.2) is 5.43 Å². The number of aromatic hydroxyl groups is 1. The van der Waals surface area contributed by atoms with Crippen LogP contribution in [0.1, 0.15) is 22.8 Å². The molecule has 0 aliphatic carbocycles. The van der Waals surface area contributed by atoms with E-state index in [0.29, 0.717) is 11.3 Å². The second-order valence-corrected chi connectivity index (χ2v) is 4.98. The molecule has 136 valence electrons. The van der Waals surface area contributed by atoms with Gasteiger partial charge < -0.3 is 14.6 Å². The Morgan fingerprint density at radius 3 is 2.73 bits per heavy atom. The summed E-state index contributed by atoms with van der Waals surface area (Å²) in [7, 11) is 1.44. The van der Waals surface area contributed by atoms with Crippen molar-refractivity contribution in [3.63, 3.8) is 0 Å². The summed E-state index contributed by atoms with van der Waals surface area (Å²) >= 11 is 0. The third-order valence-electron chi connectivity index (χ3n) is 3.31. The van der Waals surface area contributed by atoms with E-state index in [2.05, 4.69) is 10.5 Å². The fourth-order valence-electron chi connectivity index (χ4n) is 2.15. The van der Waals surface area contributed by atoms with E-state index >= 15 is 0 Å². The standard InChI is InChI=1S/C17H17N3O6/c1-3-26-15-9-11(8-13(16(15)21)20(23)24)10-18-19-17(22)12-6-4-5-7-14(12)25-2/h4-10,21H,3H2,1-2H3,(H,19,22)/b18-10-. The van der Waals surface area contributed by atoms with E-state index in [9.17, 15) is 20.0 Å². The van der Waals surface area contributed by atoms with Crippen LogP contribution in [0.4, 0.5) is 5.69 Å². The predicted octanol–water partition coefficient (Wildman–Crippen LogP) is 2.47. The van der Waals surface area contributed by atoms with Gasteiger partial charge in [0.25, 0.3) is 5.91 Å². The zero-order valence-corrected chi connectivity index (χ0v) is 14.1. The number of rotatable bonds is 7. The fourth-order valence-corrected chi connectivity index (χ4v) is 2.15. The number of hydrazone groups is 1. The maximum Gasteiger partial charge on any atom is 0.315 e. The number of nitro benzene ring substituents is 1. The van der Waals surface area contributed by atoms with Crippen LogP contribution in [-0.2, 0) is 0 Å². The summed E-state index contributed by atoms with van der Waals surface area (Å²) in [4.78, 5) is 22.4. The molecule has 0 radical (unpaired) electrons. The number of ether oxygens (including phenoxy) is 2. The Morgan fingerprint density at radius 2 is 2.08 bits per heavy atom. The van der Waals surface area contributed by atoms with Gasteiger partial charge in [0.1, 0.15) is 5.75 Å². The summed E-state index contributed by atoms with van der Waals surface area (Å²) in [5, 5.41) is 24.7. The van der Waals surface area contributed by atoms with E-state index in [4.69, 9.17) is 9.47 Å². The first kappa shape index (κ1) is 18.7. The topological polar surface area (TPSA) is 123 Å². The molecule has 0 bridgehead atoms. The lowest BCUT2D eigenvalue weighted by Crippen LogP contribution is -2.18. The number of nitro groups is 1. The largest absolute Gasteiger partial charge is 0.500 e. The molecule has 0 heterocycles. The molecule has 0 aliphatic rings. The third kappa shape index (κ3) is 4.26. The number of hydrogen-bond acceptors (Lipinski definition) is 7. The van der Waals surface area contributed by atoms with Crippen LogP contribution in [-0.4, -0.2) is 35.9 Å². The van der Waals surface area contributed by atoms with Crippen LogP contribution in [0.3, 0.4) is 0 Å². The molecular weight excluding hydrogens is 342 g/mol. The summed E-state index contributed by atoms with van der Waals surface area (Å²) in [6.07, 6.45) is 1.21. The van der Waals surface area contributed by atoms with Crippen LogP contribution in [0.15, 0.2) is 41.5 Å². The Bertz CT molecular complexity index is 850. The zero-order chi connectivity index (χ0) is 19.1. The Kier molecular flexibility index (Phi) is 6.10. The smallest absolute Gasteiger partial charge is 0.315 e. The molecule has 0 atom stereocenters. The molecule has 9 heteroatoms. The van der Waals surface area contributed by atoms with Crippen LogP contribution < -0.4 is 14.9 Å². The molecule has 2 aromatic carbocycles. The van der Waals surface area contributed by atoms with Crippen LogP contribution in [0.2, 0.25) is 0 Å². The SMILES string of the molecule is CCOc1cc(/C=N\NC(=O)c2ccccc2OC)cc([N+](=O)[O-])c1O. The lowest BCUT2D eigenvalue weighted by Gasteiger charge is -2.07. The number of para-hydroxylation sites is 1. The molecule has 2 rings (SSSR count). The summed E-state index contributed by atoms with van der Waals surface area (Å²) in [6.45, 7) is 1.90. The molecule has 0 saturated heterocycles. The number of amides is 1. The molecule has 0 aromatic heterocycles. The van der Waals surface area contributed by atoms with Gasteiger partial charge in [-0.05, 0) is 25.1 Å². The van der Waals surface area contributed by atoms with Crippen LogP contribution >= 0.6 is 0 Å². The van der Waals surface area contributed by atoms with Gasteiger partial charge in [0.2, 0.25) is 5.75 Å². The first-order chi connectivity index (χ1) is 12.5. The average Bonchev–Trinajstić information content (AvgIpc) is 2.63. The van der Waals surface area contributed by atoms with Crippen LogP contribution in [0, 0.1) is 10.1 Å². The van der Waals surface area contributed by atoms with Crippen molar-refractivity contribution in [1.29, 1.82) is 0 Å². The lowest BCUT2D eigenvalue weighted by atomic mass is 10.2. The van der Waals surface area contributed by atoms with Gasteiger partial charge in [-0.15, -0.1) is 0 Å². The van der Waals surface area contributed by atoms with E-state index in [1.165, 1.54) is 19.4 Å². The number of benzene rings is 2. The summed E-state index contributed by atoms with van der Waals surface area (Å²) in [5.41, 5.74) is 2.36. The van der Waals surface area contributed by atoms with E-state index in [0.717, 1.165) is 6.07 Å². The van der Waals surface area contributed by atoms with Gasteiger partial charge in [-0.1, -0.05) is 12.1 Å². The number of hydrogen-bond donors (Lipinski definition) is 2. The molecule has 0 saturated carbocycles. The van der Waals surface area contributed by atoms with Crippen LogP contribution in [0.25, 0.3) is 0 Å². The first-order valence-corrected chi connectivity index (χ1v) is 7.58. The first-order valence-electron chi connectivity index (χ1n) is 7.58. The number of phenols is 1. The zero-order valence-electron chi connectivity index (χ0n) is 14.1. The van der Waals surface area contributed by atoms with E-state index in [1.807, 2.05) is 0 Å². The average molecular weight is 359 g/mol. The lowest BCUT2D eigenvalue weighted by molar-refractivity contribution is -0.386. The van der Waals surface area contributed by atoms with Gasteiger partial charge in [-0.2, -0.15) is 5.10 Å². The monoisotopic (exact) mass is 359 g/mol. The molecule has 0 spiro atoms. The molecule has 1 amide bonds. The molecule has 2 aromatic rings. The molecule has 2 N–H and O–H groups in total. The summed E-state index contributed by atoms with van der Waals surface area (Å²) in [6, 6.07) is 9.11. The molecule has 9 nitrogen and oxygen atoms in total. The highest BCUT2D eigenvalue weighted by Gasteiger charge is 2.19. The maximum atomic E-state index is 12.1. The number of nitrogens with zero attached hydrogens (tertiary/aromatic N) is 2. The van der Waals surface area contributed by atoms with Gasteiger partial charge in [0.05, 0.1) is 30.4 Å². The minimum atomic E-state index is -0.734. The molecule has 0 unspecified atom stereocenters. The fraction of sp³-hybridized carbons (Fsp3) is 0.176. The highest BCUT2D eigenvalue weighted by Crippen LogP contribution is 2.36. The normalized spacial score (nSPS) is 10.5. The van der Waals surface area contributed by atoms with Gasteiger partial charge in [-0.3, -0.25) is 14.9 Å². The van der Waals surface area contributed by atoms with Crippen molar-refractivity contribution in [2.45, 2.75) is 6.92 Å². The highest BCUT2D eigenvalue weighted by atomic mass is 16.6. The number of phenolic OH excluding ortho intramolecular Hbond substituents is 1. The van der Waals surface area contributed by atoms with Gasteiger partial charge >= 0.3 is 5.69 Å². The van der Waals surface area contributed by atoms with Crippen LogP contribution in [0.5, 0.6) is 17.2 Å². The Balaban J connectivity index is 2.22. The van der Waals surface area contributed by atoms with Crippen molar-refractivity contribution in [3.8, 4) is 17.2 Å². The maximum absolute atomic E-state index is 12.1. The molecular formula is C17H17N3O6. The number of carbonyl (C=O) groups is 1. The number of methoxy groups -OCH3 is 1. The van der Waals surface area contributed by atoms with Crippen molar-refractivity contribution in [3.05, 3.63) is 57.6 Å². The number of nitrogens with one attached hydrogen (secondary N) is 1. The Morgan fingerprint density at radius 1 is 1.35 bits per heavy atom. The van der Waals surface area contributed by atoms with Gasteiger partial charge in [0, 0.05) is 11.6 Å². The second-order valence-electron chi connectivity index (χ2n) is 4.98. The van der Waals surface area contributed by atoms with Crippen molar-refractivity contribution in [1.82, 2.24) is 5.43 Å². The van der Waals surface area contributed by atoms with Crippen molar-refractivity contribution < 1.29 is 24.3 Å². The number of carbonyl (C=O) groups excluding carboxylic acids is 1. The molecule has 0 aliphatic heterocycles. The molecule has 26 heavy (non-hydrogen) atoms. The Labute approximate surface area is 149 Å². The van der Waals surface area contributed by atoms with Crippen molar-refractivity contribution in [2.75, 3.05) is 13.7 Å². The van der Waals surface area contributed by atoms with E-state index in [1.54, 1.807) is 31.2 Å². The Hall–Kier alpha value is -3.62.